The van der Waals surface area contributed by atoms with Crippen molar-refractivity contribution in [2.75, 3.05) is 33.4 Å². The monoisotopic (exact) mass is 155 g/mol. The first-order valence-electron chi connectivity index (χ1n) is 4.62. The second kappa shape index (κ2) is 3.11. The maximum Gasteiger partial charge on any atom is 0.0497 e. The van der Waals surface area contributed by atoms with Crippen molar-refractivity contribution in [1.29, 1.82) is 0 Å². The van der Waals surface area contributed by atoms with Crippen molar-refractivity contribution >= 4 is 0 Å². The molecule has 2 rings (SSSR count). The number of piperidine rings is 1. The molecule has 0 aromatic carbocycles. The summed E-state index contributed by atoms with van der Waals surface area (Å²) in [5, 5.41) is 0. The third-order valence-corrected chi connectivity index (χ3v) is 3.06. The third-order valence-electron chi connectivity index (χ3n) is 3.06. The molecule has 2 saturated heterocycles. The van der Waals surface area contributed by atoms with Crippen molar-refractivity contribution in [3.8, 4) is 0 Å². The van der Waals surface area contributed by atoms with Gasteiger partial charge in [-0.1, -0.05) is 0 Å². The van der Waals surface area contributed by atoms with Gasteiger partial charge in [0.05, 0.1) is 0 Å². The van der Waals surface area contributed by atoms with E-state index >= 15 is 0 Å². The molecule has 2 atom stereocenters. The van der Waals surface area contributed by atoms with Gasteiger partial charge >= 0.3 is 0 Å². The molecule has 0 spiro atoms. The van der Waals surface area contributed by atoms with Crippen LogP contribution in [-0.2, 0) is 4.74 Å². The van der Waals surface area contributed by atoms with Gasteiger partial charge in [0, 0.05) is 19.8 Å². The second-order valence-electron chi connectivity index (χ2n) is 3.93. The van der Waals surface area contributed by atoms with Gasteiger partial charge in [-0.15, -0.1) is 0 Å². The Morgan fingerprint density at radius 2 is 2.18 bits per heavy atom. The highest BCUT2D eigenvalue weighted by Gasteiger charge is 2.29. The van der Waals surface area contributed by atoms with E-state index in [1.54, 1.807) is 0 Å². The van der Waals surface area contributed by atoms with Gasteiger partial charge in [0.15, 0.2) is 0 Å². The normalized spacial score (nSPS) is 40.1. The summed E-state index contributed by atoms with van der Waals surface area (Å²) in [5.74, 6) is 1.81. The molecule has 0 aliphatic carbocycles. The lowest BCUT2D eigenvalue weighted by Crippen LogP contribution is -2.42. The Labute approximate surface area is 68.5 Å². The van der Waals surface area contributed by atoms with Crippen LogP contribution in [0.2, 0.25) is 0 Å². The Morgan fingerprint density at radius 1 is 1.27 bits per heavy atom. The summed E-state index contributed by atoms with van der Waals surface area (Å²) in [6, 6.07) is 0. The molecule has 11 heavy (non-hydrogen) atoms. The van der Waals surface area contributed by atoms with Crippen LogP contribution in [0, 0.1) is 11.8 Å². The maximum atomic E-state index is 5.46. The lowest BCUT2D eigenvalue weighted by Gasteiger charge is -2.39. The largest absolute Gasteiger partial charge is 0.381 e. The molecule has 2 unspecified atom stereocenters. The van der Waals surface area contributed by atoms with Gasteiger partial charge in [0.1, 0.15) is 0 Å². The molecule has 64 valence electrons. The fraction of sp³-hybridized carbons (Fsp3) is 1.00. The number of hydrogen-bond donors (Lipinski definition) is 0. The molecule has 2 heteroatoms. The first-order valence-corrected chi connectivity index (χ1v) is 4.62. The Morgan fingerprint density at radius 3 is 3.09 bits per heavy atom. The number of likely N-dealkylation sites (tertiary alicyclic amines) is 1. The molecule has 2 aliphatic rings. The minimum Gasteiger partial charge on any atom is -0.381 e. The average molecular weight is 155 g/mol. The highest BCUT2D eigenvalue weighted by atomic mass is 16.5. The van der Waals surface area contributed by atoms with Crippen molar-refractivity contribution in [2.24, 2.45) is 11.8 Å². The van der Waals surface area contributed by atoms with Crippen LogP contribution in [0.3, 0.4) is 0 Å². The summed E-state index contributed by atoms with van der Waals surface area (Å²) >= 11 is 0. The minimum atomic E-state index is 0.875. The summed E-state index contributed by atoms with van der Waals surface area (Å²) in [6.45, 7) is 4.59. The Balaban J connectivity index is 1.93. The zero-order valence-corrected chi connectivity index (χ0v) is 7.25. The fourth-order valence-corrected chi connectivity index (χ4v) is 2.28. The number of fused-ring (bicyclic) bond motifs is 1. The molecule has 0 N–H and O–H groups in total. The molecule has 2 aliphatic heterocycles. The Kier molecular flexibility index (Phi) is 2.14. The van der Waals surface area contributed by atoms with E-state index in [1.165, 1.54) is 25.9 Å². The van der Waals surface area contributed by atoms with Crippen molar-refractivity contribution < 1.29 is 4.74 Å². The Bertz CT molecular complexity index is 138. The molecular formula is C9H17NO. The van der Waals surface area contributed by atoms with Gasteiger partial charge in [-0.25, -0.2) is 0 Å². The third kappa shape index (κ3) is 1.57. The van der Waals surface area contributed by atoms with Gasteiger partial charge in [-0.05, 0) is 38.3 Å². The van der Waals surface area contributed by atoms with Crippen molar-refractivity contribution in [3.05, 3.63) is 0 Å². The molecule has 2 heterocycles. The number of nitrogens with zero attached hydrogens (tertiary/aromatic N) is 1. The van der Waals surface area contributed by atoms with Crippen LogP contribution in [-0.4, -0.2) is 38.3 Å². The Hall–Kier alpha value is -0.0800. The molecule has 0 amide bonds. The van der Waals surface area contributed by atoms with Crippen molar-refractivity contribution in [1.82, 2.24) is 4.90 Å². The molecule has 0 aromatic heterocycles. The van der Waals surface area contributed by atoms with Crippen LogP contribution in [0.25, 0.3) is 0 Å². The zero-order valence-electron chi connectivity index (χ0n) is 7.25. The number of ether oxygens (including phenoxy) is 1. The predicted octanol–water partition coefficient (Wildman–Crippen LogP) is 0.975. The molecule has 2 fully saturated rings. The van der Waals surface area contributed by atoms with Crippen LogP contribution < -0.4 is 0 Å². The van der Waals surface area contributed by atoms with Crippen LogP contribution in [0.15, 0.2) is 0 Å². The van der Waals surface area contributed by atoms with Crippen LogP contribution in [0.5, 0.6) is 0 Å². The summed E-state index contributed by atoms with van der Waals surface area (Å²) in [4.78, 5) is 2.45. The maximum absolute atomic E-state index is 5.46. The molecule has 0 saturated carbocycles. The van der Waals surface area contributed by atoms with E-state index in [-0.39, 0.29) is 0 Å². The first kappa shape index (κ1) is 7.56. The topological polar surface area (TPSA) is 12.5 Å². The molecular weight excluding hydrogens is 138 g/mol. The van der Waals surface area contributed by atoms with Gasteiger partial charge in [-0.3, -0.25) is 0 Å². The van der Waals surface area contributed by atoms with Crippen LogP contribution in [0.4, 0.5) is 0 Å². The van der Waals surface area contributed by atoms with E-state index in [1.807, 2.05) is 0 Å². The van der Waals surface area contributed by atoms with Crippen LogP contribution in [0.1, 0.15) is 12.8 Å². The quantitative estimate of drug-likeness (QED) is 0.517. The lowest BCUT2D eigenvalue weighted by atomic mass is 9.83. The molecule has 0 aromatic rings. The summed E-state index contributed by atoms with van der Waals surface area (Å²) in [7, 11) is 2.23. The highest BCUT2D eigenvalue weighted by Crippen LogP contribution is 2.28. The van der Waals surface area contributed by atoms with Crippen LogP contribution >= 0.6 is 0 Å². The van der Waals surface area contributed by atoms with E-state index in [9.17, 15) is 0 Å². The van der Waals surface area contributed by atoms with E-state index in [2.05, 4.69) is 11.9 Å². The van der Waals surface area contributed by atoms with E-state index < -0.39 is 0 Å². The summed E-state index contributed by atoms with van der Waals surface area (Å²) in [5.41, 5.74) is 0. The number of rotatable bonds is 0. The molecule has 0 radical (unpaired) electrons. The van der Waals surface area contributed by atoms with Gasteiger partial charge in [-0.2, -0.15) is 0 Å². The van der Waals surface area contributed by atoms with Crippen molar-refractivity contribution in [3.63, 3.8) is 0 Å². The number of hydrogen-bond acceptors (Lipinski definition) is 2. The standard InChI is InChI=1S/C9H17NO/c1-10-4-2-9-7-11-5-3-8(9)6-10/h8-9H,2-7H2,1H3. The smallest absolute Gasteiger partial charge is 0.0497 e. The van der Waals surface area contributed by atoms with E-state index in [0.717, 1.165) is 25.0 Å². The first-order chi connectivity index (χ1) is 5.36. The molecule has 0 bridgehead atoms. The predicted molar refractivity (Wildman–Crippen MR) is 44.5 cm³/mol. The van der Waals surface area contributed by atoms with Gasteiger partial charge in [0.25, 0.3) is 0 Å². The van der Waals surface area contributed by atoms with E-state index in [0.29, 0.717) is 0 Å². The highest BCUT2D eigenvalue weighted by molar-refractivity contribution is 4.80. The van der Waals surface area contributed by atoms with Gasteiger partial charge in [0.2, 0.25) is 0 Å². The summed E-state index contributed by atoms with van der Waals surface area (Å²) < 4.78 is 5.46. The second-order valence-corrected chi connectivity index (χ2v) is 3.93. The molecule has 2 nitrogen and oxygen atoms in total. The SMILES string of the molecule is CN1CCC2COCCC2C1. The lowest BCUT2D eigenvalue weighted by molar-refractivity contribution is -0.0181. The van der Waals surface area contributed by atoms with Crippen molar-refractivity contribution in [2.45, 2.75) is 12.8 Å². The minimum absolute atomic E-state index is 0.875. The average Bonchev–Trinajstić information content (AvgIpc) is 2.04. The fourth-order valence-electron chi connectivity index (χ4n) is 2.28. The van der Waals surface area contributed by atoms with E-state index in [4.69, 9.17) is 4.74 Å². The van der Waals surface area contributed by atoms with Gasteiger partial charge < -0.3 is 9.64 Å². The summed E-state index contributed by atoms with van der Waals surface area (Å²) in [6.07, 6.45) is 2.64. The zero-order chi connectivity index (χ0) is 7.68.